The molecule has 0 bridgehead atoms. The highest BCUT2D eigenvalue weighted by Crippen LogP contribution is 2.32. The van der Waals surface area contributed by atoms with Crippen LogP contribution in [0.4, 0.5) is 5.82 Å². The number of thioether (sulfide) groups is 1. The van der Waals surface area contributed by atoms with Gasteiger partial charge < -0.3 is 14.6 Å². The lowest BCUT2D eigenvalue weighted by molar-refractivity contribution is -0.122. The fourth-order valence-corrected chi connectivity index (χ4v) is 4.55. The van der Waals surface area contributed by atoms with Crippen molar-refractivity contribution in [2.24, 2.45) is 0 Å². The smallest absolute Gasteiger partial charge is 0.267 e. The summed E-state index contributed by atoms with van der Waals surface area (Å²) in [5.41, 5.74) is 0.595. The summed E-state index contributed by atoms with van der Waals surface area (Å²) >= 11 is 6.52. The molecular weight excluding hydrogens is 448 g/mol. The fraction of sp³-hybridized carbons (Fsp3) is 0.286. The Hall–Kier alpha value is -3.02. The molecule has 32 heavy (non-hydrogen) atoms. The van der Waals surface area contributed by atoms with Crippen molar-refractivity contribution < 1.29 is 9.53 Å². The number of carbonyl (C=O) groups excluding carboxylic acids is 1. The average molecular weight is 471 g/mol. The zero-order valence-electron chi connectivity index (χ0n) is 17.4. The summed E-state index contributed by atoms with van der Waals surface area (Å²) < 4.78 is 8.96. The van der Waals surface area contributed by atoms with Gasteiger partial charge in [-0.15, -0.1) is 0 Å². The Morgan fingerprint density at radius 2 is 2.12 bits per heavy atom. The number of fused-ring (bicyclic) bond motifs is 1. The lowest BCUT2D eigenvalue weighted by atomic mass is 10.2. The highest BCUT2D eigenvalue weighted by molar-refractivity contribution is 8.26. The van der Waals surface area contributed by atoms with E-state index in [-0.39, 0.29) is 11.5 Å². The molecule has 0 aliphatic carbocycles. The molecule has 9 nitrogen and oxygen atoms in total. The summed E-state index contributed by atoms with van der Waals surface area (Å²) in [4.78, 5) is 36.6. The Morgan fingerprint density at radius 1 is 1.25 bits per heavy atom. The quantitative estimate of drug-likeness (QED) is 0.289. The van der Waals surface area contributed by atoms with Gasteiger partial charge in [0.15, 0.2) is 0 Å². The van der Waals surface area contributed by atoms with Crippen molar-refractivity contribution in [3.8, 4) is 0 Å². The van der Waals surface area contributed by atoms with Crippen LogP contribution in [0.1, 0.15) is 12.0 Å². The van der Waals surface area contributed by atoms with Crippen LogP contribution in [-0.2, 0) is 16.1 Å². The van der Waals surface area contributed by atoms with E-state index in [4.69, 9.17) is 17.0 Å². The molecule has 0 atom stereocenters. The number of aryl methyl sites for hydroxylation is 1. The molecule has 1 saturated heterocycles. The van der Waals surface area contributed by atoms with Gasteiger partial charge in [-0.05, 0) is 24.6 Å². The van der Waals surface area contributed by atoms with E-state index < -0.39 is 0 Å². The first-order chi connectivity index (χ1) is 15.6. The Morgan fingerprint density at radius 3 is 2.91 bits per heavy atom. The zero-order valence-corrected chi connectivity index (χ0v) is 19.1. The number of pyridine rings is 1. The second-order valence-electron chi connectivity index (χ2n) is 7.02. The van der Waals surface area contributed by atoms with Gasteiger partial charge in [0.1, 0.15) is 15.8 Å². The molecule has 4 heterocycles. The van der Waals surface area contributed by atoms with E-state index in [9.17, 15) is 9.59 Å². The van der Waals surface area contributed by atoms with Crippen LogP contribution in [0.3, 0.4) is 0 Å². The van der Waals surface area contributed by atoms with Crippen LogP contribution in [0, 0.1) is 0 Å². The molecule has 0 aromatic carbocycles. The average Bonchev–Trinajstić information content (AvgIpc) is 3.40. The van der Waals surface area contributed by atoms with Gasteiger partial charge in [-0.25, -0.2) is 9.97 Å². The number of methoxy groups -OCH3 is 1. The maximum Gasteiger partial charge on any atom is 0.267 e. The monoisotopic (exact) mass is 470 g/mol. The van der Waals surface area contributed by atoms with Crippen molar-refractivity contribution in [2.75, 3.05) is 32.1 Å². The van der Waals surface area contributed by atoms with Gasteiger partial charge in [-0.1, -0.05) is 30.0 Å². The number of hydrogen-bond donors (Lipinski definition) is 1. The molecule has 4 rings (SSSR count). The second-order valence-corrected chi connectivity index (χ2v) is 8.69. The molecule has 1 fully saturated rings. The summed E-state index contributed by atoms with van der Waals surface area (Å²) in [6, 6.07) is 5.36. The number of imidazole rings is 1. The lowest BCUT2D eigenvalue weighted by Crippen LogP contribution is -2.31. The molecule has 3 aromatic heterocycles. The third kappa shape index (κ3) is 4.74. The van der Waals surface area contributed by atoms with Crippen molar-refractivity contribution in [3.05, 3.63) is 63.9 Å². The van der Waals surface area contributed by atoms with E-state index in [1.165, 1.54) is 21.1 Å². The number of amides is 1. The fourth-order valence-electron chi connectivity index (χ4n) is 3.26. The van der Waals surface area contributed by atoms with Crippen LogP contribution in [0.5, 0.6) is 0 Å². The lowest BCUT2D eigenvalue weighted by Gasteiger charge is -2.13. The molecule has 1 aliphatic rings. The number of anilines is 1. The predicted octanol–water partition coefficient (Wildman–Crippen LogP) is 2.24. The molecule has 1 aliphatic heterocycles. The van der Waals surface area contributed by atoms with Crippen molar-refractivity contribution in [1.82, 2.24) is 23.8 Å². The molecule has 1 amide bonds. The minimum absolute atomic E-state index is 0.235. The summed E-state index contributed by atoms with van der Waals surface area (Å²) in [7, 11) is 1.57. The molecule has 3 aromatic rings. The minimum Gasteiger partial charge on any atom is -0.383 e. The number of nitrogens with one attached hydrogen (secondary N) is 1. The standard InChI is InChI=1S/C21H22N6O3S2/c1-30-12-11-27-20(29)16(32-21(27)31)13-15-18(23-6-4-8-25-10-7-22-14-25)24-17-5-2-3-9-26(17)19(15)28/h2-3,5,7,9-10,13-14,23H,4,6,8,11-12H2,1H3/b16-13-. The SMILES string of the molecule is COCCN1C(=O)/C(=C/c2c(NCCCn3ccnc3)nc3ccccn3c2=O)SC1=S. The van der Waals surface area contributed by atoms with E-state index in [1.54, 1.807) is 44.0 Å². The van der Waals surface area contributed by atoms with E-state index in [2.05, 4.69) is 15.3 Å². The first kappa shape index (κ1) is 22.2. The normalized spacial score (nSPS) is 15.3. The van der Waals surface area contributed by atoms with E-state index in [0.29, 0.717) is 46.0 Å². The topological polar surface area (TPSA) is 93.8 Å². The molecular formula is C21H22N6O3S2. The van der Waals surface area contributed by atoms with Gasteiger partial charge in [0.2, 0.25) is 0 Å². The maximum absolute atomic E-state index is 13.2. The van der Waals surface area contributed by atoms with E-state index in [1.807, 2.05) is 16.8 Å². The highest BCUT2D eigenvalue weighted by Gasteiger charge is 2.32. The van der Waals surface area contributed by atoms with Crippen LogP contribution < -0.4 is 10.9 Å². The van der Waals surface area contributed by atoms with E-state index in [0.717, 1.165) is 13.0 Å². The maximum atomic E-state index is 13.2. The van der Waals surface area contributed by atoms with Crippen molar-refractivity contribution in [2.45, 2.75) is 13.0 Å². The second kappa shape index (κ2) is 10.1. The van der Waals surface area contributed by atoms with Gasteiger partial charge >= 0.3 is 0 Å². The number of hydrogen-bond acceptors (Lipinski definition) is 8. The van der Waals surface area contributed by atoms with Crippen LogP contribution >= 0.6 is 24.0 Å². The van der Waals surface area contributed by atoms with Gasteiger partial charge in [-0.3, -0.25) is 18.9 Å². The van der Waals surface area contributed by atoms with Crippen molar-refractivity contribution in [1.29, 1.82) is 0 Å². The largest absolute Gasteiger partial charge is 0.383 e. The summed E-state index contributed by atoms with van der Waals surface area (Å²) in [6.45, 7) is 2.13. The van der Waals surface area contributed by atoms with Gasteiger partial charge in [-0.2, -0.15) is 0 Å². The third-order valence-electron chi connectivity index (χ3n) is 4.88. The number of rotatable bonds is 9. The Bertz CT molecular complexity index is 1220. The first-order valence-corrected chi connectivity index (χ1v) is 11.3. The number of ether oxygens (including phenoxy) is 1. The van der Waals surface area contributed by atoms with Crippen molar-refractivity contribution >= 4 is 51.7 Å². The Balaban J connectivity index is 1.63. The van der Waals surface area contributed by atoms with Gasteiger partial charge in [0, 0.05) is 38.8 Å². The zero-order chi connectivity index (χ0) is 22.5. The van der Waals surface area contributed by atoms with Crippen LogP contribution in [0.2, 0.25) is 0 Å². The molecule has 0 radical (unpaired) electrons. The molecule has 1 N–H and O–H groups in total. The minimum atomic E-state index is -0.255. The number of carbonyl (C=O) groups is 1. The number of nitrogens with zero attached hydrogens (tertiary/aromatic N) is 5. The van der Waals surface area contributed by atoms with Gasteiger partial charge in [0.05, 0.1) is 29.9 Å². The number of thiocarbonyl (C=S) groups is 1. The van der Waals surface area contributed by atoms with Crippen molar-refractivity contribution in [3.63, 3.8) is 0 Å². The summed E-state index contributed by atoms with van der Waals surface area (Å²) in [6.07, 6.45) is 9.45. The molecule has 166 valence electrons. The highest BCUT2D eigenvalue weighted by atomic mass is 32.2. The molecule has 0 spiro atoms. The third-order valence-corrected chi connectivity index (χ3v) is 6.26. The summed E-state index contributed by atoms with van der Waals surface area (Å²) in [5.74, 6) is 0.203. The summed E-state index contributed by atoms with van der Waals surface area (Å²) in [5, 5.41) is 3.26. The Kier molecular flexibility index (Phi) is 6.98. The first-order valence-electron chi connectivity index (χ1n) is 10.0. The van der Waals surface area contributed by atoms with Crippen LogP contribution in [0.15, 0.2) is 52.8 Å². The van der Waals surface area contributed by atoms with Crippen LogP contribution in [0.25, 0.3) is 11.7 Å². The molecule has 11 heteroatoms. The molecule has 0 saturated carbocycles. The van der Waals surface area contributed by atoms with E-state index >= 15 is 0 Å². The van der Waals surface area contributed by atoms with Gasteiger partial charge in [0.25, 0.3) is 11.5 Å². The predicted molar refractivity (Wildman–Crippen MR) is 129 cm³/mol. The number of aromatic nitrogens is 4. The molecule has 0 unspecified atom stereocenters. The van der Waals surface area contributed by atoms with Crippen LogP contribution in [-0.4, -0.2) is 60.9 Å². The Labute approximate surface area is 194 Å².